The van der Waals surface area contributed by atoms with Crippen LogP contribution in [-0.4, -0.2) is 12.6 Å². The molecule has 0 fully saturated rings. The summed E-state index contributed by atoms with van der Waals surface area (Å²) in [7, 11) is 0. The molecule has 0 radical (unpaired) electrons. The molecule has 0 aromatic rings. The number of carbonyl (C=O) groups is 2. The maximum Gasteiger partial charge on any atom is 0.150 e. The maximum absolute atomic E-state index is 11.0. The minimum Gasteiger partial charge on any atom is -0.298 e. The molecule has 0 unspecified atom stereocenters. The molecule has 2 aliphatic carbocycles. The van der Waals surface area contributed by atoms with E-state index in [-0.39, 0.29) is 5.41 Å². The molecule has 2 heteroatoms. The molecule has 2 nitrogen and oxygen atoms in total. The summed E-state index contributed by atoms with van der Waals surface area (Å²) in [5.41, 5.74) is 4.03. The van der Waals surface area contributed by atoms with Crippen LogP contribution in [0.2, 0.25) is 0 Å². The molecule has 0 aliphatic heterocycles. The van der Waals surface area contributed by atoms with Gasteiger partial charge in [-0.3, -0.25) is 9.59 Å². The lowest BCUT2D eigenvalue weighted by Crippen LogP contribution is -2.09. The van der Waals surface area contributed by atoms with Gasteiger partial charge in [0.2, 0.25) is 0 Å². The van der Waals surface area contributed by atoms with Gasteiger partial charge in [-0.25, -0.2) is 0 Å². The summed E-state index contributed by atoms with van der Waals surface area (Å²) in [5, 5.41) is 0. The number of hydrogen-bond donors (Lipinski definition) is 0. The van der Waals surface area contributed by atoms with Crippen molar-refractivity contribution in [2.45, 2.75) is 26.2 Å². The number of fused-ring (bicyclic) bond motifs is 1. The van der Waals surface area contributed by atoms with E-state index in [1.807, 2.05) is 24.3 Å². The third-order valence-corrected chi connectivity index (χ3v) is 3.20. The van der Waals surface area contributed by atoms with Crippen LogP contribution in [0, 0.1) is 0 Å². The third-order valence-electron chi connectivity index (χ3n) is 3.20. The average molecular weight is 240 g/mol. The van der Waals surface area contributed by atoms with Gasteiger partial charge in [-0.15, -0.1) is 0 Å². The van der Waals surface area contributed by atoms with E-state index in [2.05, 4.69) is 20.8 Å². The Bertz CT molecular complexity index is 534. The lowest BCUT2D eigenvalue weighted by Gasteiger charge is -2.17. The van der Waals surface area contributed by atoms with E-state index in [9.17, 15) is 9.59 Å². The molecule has 0 N–H and O–H groups in total. The Hall–Kier alpha value is -1.96. The van der Waals surface area contributed by atoms with Crippen molar-refractivity contribution in [3.8, 4) is 11.1 Å². The Labute approximate surface area is 107 Å². The summed E-state index contributed by atoms with van der Waals surface area (Å²) in [5.74, 6) is 0. The largest absolute Gasteiger partial charge is 0.298 e. The van der Waals surface area contributed by atoms with Crippen molar-refractivity contribution >= 4 is 12.6 Å². The zero-order valence-corrected chi connectivity index (χ0v) is 10.9. The van der Waals surface area contributed by atoms with Crippen molar-refractivity contribution in [2.24, 2.45) is 0 Å². The van der Waals surface area contributed by atoms with Crippen LogP contribution in [0.15, 0.2) is 30.3 Å². The number of hydrogen-bond acceptors (Lipinski definition) is 2. The first-order chi connectivity index (χ1) is 8.47. The molecule has 0 amide bonds. The summed E-state index contributed by atoms with van der Waals surface area (Å²) < 4.78 is 0. The molecule has 0 bridgehead atoms. The van der Waals surface area contributed by atoms with Gasteiger partial charge in [0.25, 0.3) is 0 Å². The highest BCUT2D eigenvalue weighted by Crippen LogP contribution is 2.32. The standard InChI is InChI=1S/C16H16O2/c1-16(2,3)13-4-6-14-11(9-17)8-12(10-18)15(14)7-5-13/h4-10H,1-3H3. The van der Waals surface area contributed by atoms with Crippen LogP contribution >= 0.6 is 0 Å². The van der Waals surface area contributed by atoms with E-state index >= 15 is 0 Å². The summed E-state index contributed by atoms with van der Waals surface area (Å²) >= 11 is 0. The second kappa shape index (κ2) is 4.37. The van der Waals surface area contributed by atoms with Gasteiger partial charge in [-0.2, -0.15) is 0 Å². The molecule has 2 rings (SSSR count). The van der Waals surface area contributed by atoms with Crippen LogP contribution in [0.3, 0.4) is 0 Å². The summed E-state index contributed by atoms with van der Waals surface area (Å²) in [6.07, 6.45) is 1.60. The summed E-state index contributed by atoms with van der Waals surface area (Å²) in [6.45, 7) is 6.40. The molecule has 0 saturated carbocycles. The van der Waals surface area contributed by atoms with Crippen molar-refractivity contribution in [2.75, 3.05) is 0 Å². The quantitative estimate of drug-likeness (QED) is 0.750. The first-order valence-electron chi connectivity index (χ1n) is 5.95. The molecule has 0 atom stereocenters. The molecular formula is C16H16O2. The highest BCUT2D eigenvalue weighted by molar-refractivity contribution is 5.99. The Balaban J connectivity index is 2.72. The molecule has 2 aliphatic rings. The van der Waals surface area contributed by atoms with Gasteiger partial charge in [0.1, 0.15) is 0 Å². The number of aldehydes is 2. The molecule has 0 heterocycles. The van der Waals surface area contributed by atoms with Gasteiger partial charge in [-0.1, -0.05) is 45.0 Å². The van der Waals surface area contributed by atoms with Crippen LogP contribution in [0.4, 0.5) is 0 Å². The Morgan fingerprint density at radius 1 is 0.833 bits per heavy atom. The number of carbonyl (C=O) groups excluding carboxylic acids is 2. The van der Waals surface area contributed by atoms with E-state index < -0.39 is 0 Å². The fraction of sp³-hybridized carbons (Fsp3) is 0.250. The zero-order valence-electron chi connectivity index (χ0n) is 10.9. The van der Waals surface area contributed by atoms with Gasteiger partial charge >= 0.3 is 0 Å². The smallest absolute Gasteiger partial charge is 0.150 e. The Morgan fingerprint density at radius 3 is 1.61 bits per heavy atom. The molecule has 0 saturated heterocycles. The first kappa shape index (κ1) is 12.5. The predicted octanol–water partition coefficient (Wildman–Crippen LogP) is 3.71. The van der Waals surface area contributed by atoms with Crippen LogP contribution < -0.4 is 0 Å². The highest BCUT2D eigenvalue weighted by Gasteiger charge is 2.17. The van der Waals surface area contributed by atoms with Crippen LogP contribution in [0.5, 0.6) is 0 Å². The third kappa shape index (κ3) is 2.06. The maximum atomic E-state index is 11.0. The minimum atomic E-state index is 0.0408. The van der Waals surface area contributed by atoms with Gasteiger partial charge in [0, 0.05) is 11.1 Å². The van der Waals surface area contributed by atoms with Crippen molar-refractivity contribution in [1.29, 1.82) is 0 Å². The lowest BCUT2D eigenvalue weighted by atomic mass is 9.88. The van der Waals surface area contributed by atoms with Gasteiger partial charge in [-0.05, 0) is 28.2 Å². The van der Waals surface area contributed by atoms with E-state index in [4.69, 9.17) is 0 Å². The monoisotopic (exact) mass is 240 g/mol. The molecule has 18 heavy (non-hydrogen) atoms. The van der Waals surface area contributed by atoms with Crippen molar-refractivity contribution in [1.82, 2.24) is 0 Å². The number of rotatable bonds is 2. The average Bonchev–Trinajstić information content (AvgIpc) is 2.49. The normalized spacial score (nSPS) is 11.5. The van der Waals surface area contributed by atoms with Crippen LogP contribution in [0.1, 0.15) is 47.1 Å². The zero-order chi connectivity index (χ0) is 13.3. The second-order valence-electron chi connectivity index (χ2n) is 5.49. The van der Waals surface area contributed by atoms with Crippen LogP contribution in [0.25, 0.3) is 11.1 Å². The van der Waals surface area contributed by atoms with Crippen molar-refractivity contribution in [3.05, 3.63) is 47.0 Å². The SMILES string of the molecule is CC(C)(C)c1ccc2c(C=O)cc(C=O)c-2cc1. The van der Waals surface area contributed by atoms with E-state index in [0.29, 0.717) is 11.1 Å². The summed E-state index contributed by atoms with van der Waals surface area (Å²) in [6, 6.07) is 9.52. The minimum absolute atomic E-state index is 0.0408. The molecule has 92 valence electrons. The van der Waals surface area contributed by atoms with Crippen LogP contribution in [-0.2, 0) is 5.41 Å². The van der Waals surface area contributed by atoms with Gasteiger partial charge in [0.15, 0.2) is 12.6 Å². The molecular weight excluding hydrogens is 224 g/mol. The molecule has 0 aromatic heterocycles. The summed E-state index contributed by atoms with van der Waals surface area (Å²) in [4.78, 5) is 22.0. The van der Waals surface area contributed by atoms with Crippen molar-refractivity contribution < 1.29 is 9.59 Å². The van der Waals surface area contributed by atoms with Crippen molar-refractivity contribution in [3.63, 3.8) is 0 Å². The lowest BCUT2D eigenvalue weighted by molar-refractivity contribution is 0.112. The van der Waals surface area contributed by atoms with Gasteiger partial charge in [0.05, 0.1) is 0 Å². The fourth-order valence-electron chi connectivity index (χ4n) is 2.10. The second-order valence-corrected chi connectivity index (χ2v) is 5.49. The van der Waals surface area contributed by atoms with Gasteiger partial charge < -0.3 is 0 Å². The molecule has 0 spiro atoms. The van der Waals surface area contributed by atoms with E-state index in [0.717, 1.165) is 23.7 Å². The first-order valence-corrected chi connectivity index (χ1v) is 5.95. The highest BCUT2D eigenvalue weighted by atomic mass is 16.1. The molecule has 0 aromatic carbocycles. The van der Waals surface area contributed by atoms with E-state index in [1.165, 1.54) is 5.56 Å². The Morgan fingerprint density at radius 2 is 1.28 bits per heavy atom. The van der Waals surface area contributed by atoms with E-state index in [1.54, 1.807) is 6.07 Å². The fourth-order valence-corrected chi connectivity index (χ4v) is 2.10. The topological polar surface area (TPSA) is 34.1 Å². The predicted molar refractivity (Wildman–Crippen MR) is 72.5 cm³/mol. The Kier molecular flexibility index (Phi) is 3.04.